The van der Waals surface area contributed by atoms with Crippen molar-refractivity contribution in [1.29, 1.82) is 0 Å². The molecule has 1 aliphatic heterocycles. The van der Waals surface area contributed by atoms with Crippen LogP contribution in [0.4, 0.5) is 0 Å². The first-order valence-electron chi connectivity index (χ1n) is 5.99. The molecule has 19 heavy (non-hydrogen) atoms. The van der Waals surface area contributed by atoms with Crippen molar-refractivity contribution in [2.24, 2.45) is 5.92 Å². The third-order valence-corrected chi connectivity index (χ3v) is 5.34. The van der Waals surface area contributed by atoms with Gasteiger partial charge in [0, 0.05) is 11.5 Å². The molecule has 0 bridgehead atoms. The van der Waals surface area contributed by atoms with Crippen LogP contribution >= 0.6 is 0 Å². The number of carbonyl (C=O) groups is 1. The number of rotatable bonds is 4. The fraction of sp³-hybridized carbons (Fsp3) is 0.462. The van der Waals surface area contributed by atoms with Gasteiger partial charge in [0.05, 0.1) is 23.7 Å². The maximum atomic E-state index is 12.1. The number of fused-ring (bicyclic) bond motifs is 1. The highest BCUT2D eigenvalue weighted by molar-refractivity contribution is 7.91. The smallest absolute Gasteiger partial charge is 0.306 e. The van der Waals surface area contributed by atoms with Crippen LogP contribution in [0.5, 0.6) is 5.75 Å². The Labute approximate surface area is 112 Å². The monoisotopic (exact) mass is 284 g/mol. The summed E-state index contributed by atoms with van der Waals surface area (Å²) < 4.78 is 29.4. The second kappa shape index (κ2) is 4.85. The lowest BCUT2D eigenvalue weighted by atomic mass is 9.90. The van der Waals surface area contributed by atoms with Crippen LogP contribution in [-0.4, -0.2) is 32.4 Å². The molecule has 0 amide bonds. The summed E-state index contributed by atoms with van der Waals surface area (Å²) >= 11 is 0. The van der Waals surface area contributed by atoms with E-state index in [9.17, 15) is 13.2 Å². The fourth-order valence-corrected chi connectivity index (χ4v) is 4.43. The van der Waals surface area contributed by atoms with Gasteiger partial charge in [-0.1, -0.05) is 13.0 Å². The molecule has 1 aromatic rings. The van der Waals surface area contributed by atoms with Crippen LogP contribution in [0.1, 0.15) is 24.8 Å². The standard InChI is InChI=1S/C13H16O5S/c1-8(13(14)15)6-9-7-19(16,17)11-5-3-4-10(18-2)12(9)11/h3-5,8-9H,6-7H2,1-2H3,(H,14,15). The number of carboxylic acid groups (broad SMARTS) is 1. The van der Waals surface area contributed by atoms with Crippen LogP contribution in [0.2, 0.25) is 0 Å². The van der Waals surface area contributed by atoms with E-state index in [0.29, 0.717) is 17.7 Å². The van der Waals surface area contributed by atoms with Crippen LogP contribution in [-0.2, 0) is 14.6 Å². The van der Waals surface area contributed by atoms with Gasteiger partial charge >= 0.3 is 5.97 Å². The molecular formula is C13H16O5S. The number of methoxy groups -OCH3 is 1. The van der Waals surface area contributed by atoms with E-state index in [1.807, 2.05) is 0 Å². The second-order valence-corrected chi connectivity index (χ2v) is 6.83. The van der Waals surface area contributed by atoms with Crippen molar-refractivity contribution in [2.45, 2.75) is 24.2 Å². The Morgan fingerprint density at radius 1 is 1.53 bits per heavy atom. The number of carboxylic acids is 1. The first kappa shape index (κ1) is 13.9. The van der Waals surface area contributed by atoms with E-state index in [4.69, 9.17) is 9.84 Å². The zero-order valence-electron chi connectivity index (χ0n) is 10.8. The predicted octanol–water partition coefficient (Wildman–Crippen LogP) is 1.68. The average molecular weight is 284 g/mol. The van der Waals surface area contributed by atoms with Gasteiger partial charge in [-0.05, 0) is 18.6 Å². The molecule has 0 radical (unpaired) electrons. The normalized spacial score (nSPS) is 21.7. The van der Waals surface area contributed by atoms with Crippen LogP contribution in [0.3, 0.4) is 0 Å². The van der Waals surface area contributed by atoms with Gasteiger partial charge in [0.15, 0.2) is 9.84 Å². The molecule has 1 N–H and O–H groups in total. The Bertz CT molecular complexity index is 605. The zero-order chi connectivity index (χ0) is 14.2. The minimum Gasteiger partial charge on any atom is -0.496 e. The molecule has 0 saturated carbocycles. The molecular weight excluding hydrogens is 268 g/mol. The average Bonchev–Trinajstić information content (AvgIpc) is 2.61. The summed E-state index contributed by atoms with van der Waals surface area (Å²) in [5, 5.41) is 8.97. The van der Waals surface area contributed by atoms with Crippen molar-refractivity contribution in [3.8, 4) is 5.75 Å². The highest BCUT2D eigenvalue weighted by atomic mass is 32.2. The molecule has 5 nitrogen and oxygen atoms in total. The Kier molecular flexibility index (Phi) is 3.54. The lowest BCUT2D eigenvalue weighted by Gasteiger charge is -2.15. The molecule has 0 aromatic heterocycles. The summed E-state index contributed by atoms with van der Waals surface area (Å²) in [6.07, 6.45) is 0.294. The number of sulfone groups is 1. The van der Waals surface area contributed by atoms with Gasteiger partial charge in [0.1, 0.15) is 5.75 Å². The van der Waals surface area contributed by atoms with E-state index in [2.05, 4.69) is 0 Å². The number of benzene rings is 1. The highest BCUT2D eigenvalue weighted by Gasteiger charge is 2.38. The first-order valence-corrected chi connectivity index (χ1v) is 7.64. The van der Waals surface area contributed by atoms with Crippen LogP contribution in [0.15, 0.2) is 23.1 Å². The van der Waals surface area contributed by atoms with Crippen molar-refractivity contribution in [2.75, 3.05) is 12.9 Å². The van der Waals surface area contributed by atoms with Crippen molar-refractivity contribution < 1.29 is 23.1 Å². The van der Waals surface area contributed by atoms with Crippen LogP contribution in [0.25, 0.3) is 0 Å². The number of hydrogen-bond donors (Lipinski definition) is 1. The highest BCUT2D eigenvalue weighted by Crippen LogP contribution is 2.43. The number of ether oxygens (including phenoxy) is 1. The van der Waals surface area contributed by atoms with Gasteiger partial charge in [-0.25, -0.2) is 8.42 Å². The maximum Gasteiger partial charge on any atom is 0.306 e. The summed E-state index contributed by atoms with van der Waals surface area (Å²) in [5.74, 6) is -1.35. The lowest BCUT2D eigenvalue weighted by molar-refractivity contribution is -0.141. The zero-order valence-corrected chi connectivity index (χ0v) is 11.6. The van der Waals surface area contributed by atoms with Gasteiger partial charge in [0.25, 0.3) is 0 Å². The molecule has 2 rings (SSSR count). The van der Waals surface area contributed by atoms with Gasteiger partial charge < -0.3 is 9.84 Å². The van der Waals surface area contributed by atoms with Gasteiger partial charge in [-0.15, -0.1) is 0 Å². The summed E-state index contributed by atoms with van der Waals surface area (Å²) in [6.45, 7) is 1.59. The molecule has 2 atom stereocenters. The van der Waals surface area contributed by atoms with Gasteiger partial charge in [-0.2, -0.15) is 0 Å². The molecule has 1 aromatic carbocycles. The van der Waals surface area contributed by atoms with E-state index >= 15 is 0 Å². The van der Waals surface area contributed by atoms with Crippen LogP contribution < -0.4 is 4.74 Å². The molecule has 0 spiro atoms. The van der Waals surface area contributed by atoms with Gasteiger partial charge in [0.2, 0.25) is 0 Å². The van der Waals surface area contributed by atoms with E-state index in [-0.39, 0.29) is 16.6 Å². The Hall–Kier alpha value is -1.56. The topological polar surface area (TPSA) is 80.7 Å². The third-order valence-electron chi connectivity index (χ3n) is 3.47. The SMILES string of the molecule is COc1cccc2c1C(CC(C)C(=O)O)CS2(=O)=O. The minimum atomic E-state index is -3.33. The summed E-state index contributed by atoms with van der Waals surface area (Å²) in [5.41, 5.74) is 0.623. The molecule has 0 saturated heterocycles. The molecule has 104 valence electrons. The molecule has 2 unspecified atom stereocenters. The minimum absolute atomic E-state index is 0.0413. The number of aliphatic carboxylic acids is 1. The van der Waals surface area contributed by atoms with Crippen LogP contribution in [0, 0.1) is 5.92 Å². The predicted molar refractivity (Wildman–Crippen MR) is 69.2 cm³/mol. The molecule has 6 heteroatoms. The largest absolute Gasteiger partial charge is 0.496 e. The molecule has 1 aliphatic rings. The Morgan fingerprint density at radius 2 is 2.21 bits per heavy atom. The number of hydrogen-bond acceptors (Lipinski definition) is 4. The Balaban J connectivity index is 2.45. The third kappa shape index (κ3) is 2.45. The van der Waals surface area contributed by atoms with Crippen molar-refractivity contribution in [3.63, 3.8) is 0 Å². The summed E-state index contributed by atoms with van der Waals surface area (Å²) in [6, 6.07) is 4.90. The fourth-order valence-electron chi connectivity index (χ4n) is 2.53. The van der Waals surface area contributed by atoms with E-state index in [1.54, 1.807) is 25.1 Å². The summed E-state index contributed by atoms with van der Waals surface area (Å²) in [4.78, 5) is 11.2. The molecule has 0 aliphatic carbocycles. The van der Waals surface area contributed by atoms with Crippen molar-refractivity contribution in [3.05, 3.63) is 23.8 Å². The van der Waals surface area contributed by atoms with E-state index < -0.39 is 21.7 Å². The van der Waals surface area contributed by atoms with E-state index in [0.717, 1.165) is 0 Å². The lowest BCUT2D eigenvalue weighted by Crippen LogP contribution is -2.15. The van der Waals surface area contributed by atoms with Crippen molar-refractivity contribution in [1.82, 2.24) is 0 Å². The van der Waals surface area contributed by atoms with Gasteiger partial charge in [-0.3, -0.25) is 4.79 Å². The second-order valence-electron chi connectivity index (χ2n) is 4.83. The van der Waals surface area contributed by atoms with E-state index in [1.165, 1.54) is 7.11 Å². The molecule has 0 fully saturated rings. The first-order chi connectivity index (χ1) is 8.86. The van der Waals surface area contributed by atoms with Crippen molar-refractivity contribution >= 4 is 15.8 Å². The quantitative estimate of drug-likeness (QED) is 0.909. The molecule has 1 heterocycles. The maximum absolute atomic E-state index is 12.1. The summed E-state index contributed by atoms with van der Waals surface area (Å²) in [7, 11) is -1.85. The Morgan fingerprint density at radius 3 is 2.79 bits per heavy atom.